The Balaban J connectivity index is 2.26. The molecule has 0 spiro atoms. The first-order valence-corrected chi connectivity index (χ1v) is 6.78. The molecule has 5 heteroatoms. The van der Waals surface area contributed by atoms with E-state index >= 15 is 0 Å². The van der Waals surface area contributed by atoms with Crippen LogP contribution in [0.4, 0.5) is 4.39 Å². The van der Waals surface area contributed by atoms with Crippen LogP contribution >= 0.6 is 0 Å². The maximum atomic E-state index is 13.3. The third kappa shape index (κ3) is 2.41. The van der Waals surface area contributed by atoms with Crippen molar-refractivity contribution in [2.24, 2.45) is 0 Å². The van der Waals surface area contributed by atoms with Gasteiger partial charge in [-0.3, -0.25) is 4.79 Å². The van der Waals surface area contributed by atoms with Crippen molar-refractivity contribution in [1.82, 2.24) is 0 Å². The van der Waals surface area contributed by atoms with Crippen molar-refractivity contribution in [2.45, 2.75) is 6.92 Å². The van der Waals surface area contributed by atoms with Crippen LogP contribution in [0.3, 0.4) is 0 Å². The Morgan fingerprint density at radius 3 is 2.77 bits per heavy atom. The lowest BCUT2D eigenvalue weighted by Crippen LogP contribution is -2.03. The van der Waals surface area contributed by atoms with Crippen molar-refractivity contribution >= 4 is 11.0 Å². The minimum Gasteiger partial charge on any atom is -0.502 e. The van der Waals surface area contributed by atoms with Crippen LogP contribution in [0.2, 0.25) is 0 Å². The van der Waals surface area contributed by atoms with Gasteiger partial charge in [0.2, 0.25) is 11.2 Å². The number of aromatic hydroxyl groups is 1. The summed E-state index contributed by atoms with van der Waals surface area (Å²) in [5, 5.41) is 10.3. The van der Waals surface area contributed by atoms with Gasteiger partial charge in [-0.15, -0.1) is 0 Å². The second-order valence-corrected chi connectivity index (χ2v) is 4.71. The quantitative estimate of drug-likeness (QED) is 0.801. The number of hydrogen-bond acceptors (Lipinski definition) is 4. The minimum atomic E-state index is -0.566. The molecule has 3 aromatic rings. The number of ether oxygens (including phenoxy) is 1. The zero-order valence-corrected chi connectivity index (χ0v) is 11.8. The second-order valence-electron chi connectivity index (χ2n) is 4.71. The summed E-state index contributed by atoms with van der Waals surface area (Å²) in [7, 11) is 0. The van der Waals surface area contributed by atoms with E-state index in [0.717, 1.165) is 0 Å². The summed E-state index contributed by atoms with van der Waals surface area (Å²) in [6.45, 7) is 2.32. The minimum absolute atomic E-state index is 0.0642. The highest BCUT2D eigenvalue weighted by atomic mass is 19.1. The van der Waals surface area contributed by atoms with Crippen LogP contribution in [0.5, 0.6) is 11.5 Å². The van der Waals surface area contributed by atoms with Gasteiger partial charge in [0.05, 0.1) is 12.0 Å². The Morgan fingerprint density at radius 2 is 2.05 bits per heavy atom. The largest absolute Gasteiger partial charge is 0.502 e. The Morgan fingerprint density at radius 1 is 1.23 bits per heavy atom. The van der Waals surface area contributed by atoms with E-state index in [4.69, 9.17) is 9.15 Å². The molecule has 0 amide bonds. The maximum absolute atomic E-state index is 13.3. The molecule has 3 rings (SSSR count). The summed E-state index contributed by atoms with van der Waals surface area (Å²) in [6.07, 6.45) is 0. The Hall–Kier alpha value is -2.82. The number of halogens is 1. The highest BCUT2D eigenvalue weighted by Gasteiger charge is 2.16. The third-order valence-electron chi connectivity index (χ3n) is 3.24. The summed E-state index contributed by atoms with van der Waals surface area (Å²) in [5.41, 5.74) is -0.00474. The lowest BCUT2D eigenvalue weighted by Gasteiger charge is -2.08. The average Bonchev–Trinajstić information content (AvgIpc) is 2.51. The molecule has 1 N–H and O–H groups in total. The van der Waals surface area contributed by atoms with E-state index in [1.807, 2.05) is 6.92 Å². The van der Waals surface area contributed by atoms with E-state index in [1.54, 1.807) is 18.2 Å². The zero-order valence-electron chi connectivity index (χ0n) is 11.8. The molecular formula is C17H13FO4. The average molecular weight is 300 g/mol. The molecule has 0 bridgehead atoms. The predicted molar refractivity (Wildman–Crippen MR) is 80.7 cm³/mol. The van der Waals surface area contributed by atoms with E-state index in [9.17, 15) is 14.3 Å². The summed E-state index contributed by atoms with van der Waals surface area (Å²) < 4.78 is 24.3. The highest BCUT2D eigenvalue weighted by Crippen LogP contribution is 2.31. The summed E-state index contributed by atoms with van der Waals surface area (Å²) in [5.74, 6) is -0.537. The van der Waals surface area contributed by atoms with Gasteiger partial charge in [0.25, 0.3) is 0 Å². The summed E-state index contributed by atoms with van der Waals surface area (Å²) in [6, 6.07) is 10.2. The fourth-order valence-corrected chi connectivity index (χ4v) is 2.25. The van der Waals surface area contributed by atoms with Crippen molar-refractivity contribution in [1.29, 1.82) is 0 Å². The predicted octanol–water partition coefficient (Wildman–Crippen LogP) is 3.70. The van der Waals surface area contributed by atoms with Gasteiger partial charge >= 0.3 is 0 Å². The van der Waals surface area contributed by atoms with E-state index in [0.29, 0.717) is 17.9 Å². The molecule has 0 aliphatic heterocycles. The van der Waals surface area contributed by atoms with Crippen molar-refractivity contribution in [3.05, 3.63) is 58.5 Å². The molecule has 0 fully saturated rings. The van der Waals surface area contributed by atoms with Crippen molar-refractivity contribution in [3.63, 3.8) is 0 Å². The summed E-state index contributed by atoms with van der Waals surface area (Å²) >= 11 is 0. The molecule has 0 radical (unpaired) electrons. The molecule has 0 unspecified atom stereocenters. The first kappa shape index (κ1) is 14.1. The molecule has 4 nitrogen and oxygen atoms in total. The molecule has 1 heterocycles. The number of benzene rings is 2. The molecule has 0 atom stereocenters. The van der Waals surface area contributed by atoms with E-state index < -0.39 is 17.0 Å². The molecule has 0 saturated carbocycles. The molecular weight excluding hydrogens is 287 g/mol. The zero-order chi connectivity index (χ0) is 15.7. The van der Waals surface area contributed by atoms with Gasteiger partial charge in [-0.2, -0.15) is 0 Å². The van der Waals surface area contributed by atoms with Gasteiger partial charge in [0.1, 0.15) is 17.1 Å². The number of fused-ring (bicyclic) bond motifs is 1. The van der Waals surface area contributed by atoms with Crippen LogP contribution in [-0.4, -0.2) is 11.7 Å². The fraction of sp³-hybridized carbons (Fsp3) is 0.118. The highest BCUT2D eigenvalue weighted by molar-refractivity contribution is 5.82. The standard InChI is InChI=1S/C17H13FO4/c1-2-21-12-6-7-13-14(9-12)22-17(16(20)15(13)19)10-4-3-5-11(18)8-10/h3-9,20H,2H2,1H3. The number of rotatable bonds is 3. The molecule has 0 aliphatic rings. The Labute approximate surface area is 125 Å². The van der Waals surface area contributed by atoms with Crippen molar-refractivity contribution < 1.29 is 18.7 Å². The van der Waals surface area contributed by atoms with Gasteiger partial charge in [-0.25, -0.2) is 4.39 Å². The van der Waals surface area contributed by atoms with Crippen molar-refractivity contribution in [3.8, 4) is 22.8 Å². The van der Waals surface area contributed by atoms with Crippen LogP contribution in [0, 0.1) is 5.82 Å². The lowest BCUT2D eigenvalue weighted by molar-refractivity contribution is 0.340. The van der Waals surface area contributed by atoms with Gasteiger partial charge in [-0.1, -0.05) is 12.1 Å². The molecule has 22 heavy (non-hydrogen) atoms. The van der Waals surface area contributed by atoms with E-state index in [2.05, 4.69) is 0 Å². The fourth-order valence-electron chi connectivity index (χ4n) is 2.25. The maximum Gasteiger partial charge on any atom is 0.235 e. The van der Waals surface area contributed by atoms with Gasteiger partial charge in [0.15, 0.2) is 5.76 Å². The molecule has 1 aromatic heterocycles. The number of hydrogen-bond donors (Lipinski definition) is 1. The SMILES string of the molecule is CCOc1ccc2c(=O)c(O)c(-c3cccc(F)c3)oc2c1. The normalized spacial score (nSPS) is 10.8. The van der Waals surface area contributed by atoms with E-state index in [1.165, 1.54) is 24.3 Å². The van der Waals surface area contributed by atoms with Gasteiger partial charge < -0.3 is 14.3 Å². The Bertz CT molecular complexity index is 899. The smallest absolute Gasteiger partial charge is 0.235 e. The van der Waals surface area contributed by atoms with Crippen LogP contribution in [0.25, 0.3) is 22.3 Å². The van der Waals surface area contributed by atoms with Crippen LogP contribution < -0.4 is 10.2 Å². The van der Waals surface area contributed by atoms with Gasteiger partial charge in [0, 0.05) is 11.6 Å². The Kier molecular flexibility index (Phi) is 3.55. The van der Waals surface area contributed by atoms with Crippen molar-refractivity contribution in [2.75, 3.05) is 6.61 Å². The van der Waals surface area contributed by atoms with Crippen LogP contribution in [0.15, 0.2) is 51.7 Å². The first-order valence-electron chi connectivity index (χ1n) is 6.78. The molecule has 0 aliphatic carbocycles. The molecule has 112 valence electrons. The van der Waals surface area contributed by atoms with E-state index in [-0.39, 0.29) is 16.7 Å². The van der Waals surface area contributed by atoms with Crippen LogP contribution in [-0.2, 0) is 0 Å². The summed E-state index contributed by atoms with van der Waals surface area (Å²) in [4.78, 5) is 12.2. The van der Waals surface area contributed by atoms with Gasteiger partial charge in [-0.05, 0) is 31.2 Å². The molecule has 2 aromatic carbocycles. The van der Waals surface area contributed by atoms with Crippen LogP contribution in [0.1, 0.15) is 6.92 Å². The molecule has 0 saturated heterocycles. The third-order valence-corrected chi connectivity index (χ3v) is 3.24. The topological polar surface area (TPSA) is 59.7 Å². The first-order chi connectivity index (χ1) is 10.6. The monoisotopic (exact) mass is 300 g/mol. The lowest BCUT2D eigenvalue weighted by atomic mass is 10.1. The second kappa shape index (κ2) is 5.52.